The van der Waals surface area contributed by atoms with Crippen molar-refractivity contribution in [2.24, 2.45) is 0 Å². The fourth-order valence-corrected chi connectivity index (χ4v) is 4.48. The summed E-state index contributed by atoms with van der Waals surface area (Å²) < 4.78 is 0. The van der Waals surface area contributed by atoms with Gasteiger partial charge in [-0.1, -0.05) is 77.4 Å². The van der Waals surface area contributed by atoms with Crippen LogP contribution in [0.4, 0.5) is 0 Å². The summed E-state index contributed by atoms with van der Waals surface area (Å²) in [5.41, 5.74) is 3.97. The summed E-state index contributed by atoms with van der Waals surface area (Å²) in [6, 6.07) is 11.8. The molecular formula is C27H39ClN2O2. The predicted octanol–water partition coefficient (Wildman–Crippen LogP) is 5.49. The first kappa shape index (κ1) is 25.0. The number of β-amino-alcohol motifs (C(OH)–C–C–N with tert-alkyl or cyclic N) is 1. The molecule has 1 heterocycles. The Bertz CT molecular complexity index is 870. The highest BCUT2D eigenvalue weighted by molar-refractivity contribution is 6.30. The summed E-state index contributed by atoms with van der Waals surface area (Å²) in [7, 11) is 0. The zero-order valence-corrected chi connectivity index (χ0v) is 21.2. The quantitative estimate of drug-likeness (QED) is 0.621. The fraction of sp³-hybridized carbons (Fsp3) is 0.556. The van der Waals surface area contributed by atoms with Gasteiger partial charge < -0.3 is 10.2 Å². The molecule has 1 fully saturated rings. The minimum absolute atomic E-state index is 0.114. The van der Waals surface area contributed by atoms with E-state index in [2.05, 4.69) is 63.5 Å². The number of benzene rings is 2. The topological polar surface area (TPSA) is 46.9 Å². The molecule has 5 heteroatoms. The number of nitrogens with zero attached hydrogens (tertiary/aromatic N) is 2. The molecule has 0 unspecified atom stereocenters. The number of hydrogen-bond acceptors (Lipinski definition) is 4. The van der Waals surface area contributed by atoms with Crippen molar-refractivity contribution >= 4 is 11.6 Å². The van der Waals surface area contributed by atoms with Crippen LogP contribution in [0.5, 0.6) is 5.75 Å². The minimum atomic E-state index is -0.500. The molecule has 2 N–H and O–H groups in total. The molecule has 3 rings (SSSR count). The highest BCUT2D eigenvalue weighted by Gasteiger charge is 2.27. The number of halogens is 1. The molecule has 1 atom stereocenters. The number of hydrogen-bond donors (Lipinski definition) is 2. The van der Waals surface area contributed by atoms with Gasteiger partial charge in [0, 0.05) is 44.3 Å². The highest BCUT2D eigenvalue weighted by Crippen LogP contribution is 2.40. The molecule has 0 radical (unpaired) electrons. The summed E-state index contributed by atoms with van der Waals surface area (Å²) in [4.78, 5) is 4.80. The SMILES string of the molecule is CC(C)(C)c1cc(CN2CCN(C[C@H](O)c3ccc(Cl)cc3)CC2)cc(C(C)(C)C)c1O. The zero-order valence-electron chi connectivity index (χ0n) is 20.5. The van der Waals surface area contributed by atoms with Gasteiger partial charge in [-0.2, -0.15) is 0 Å². The fourth-order valence-electron chi connectivity index (χ4n) is 4.35. The molecule has 0 aromatic heterocycles. The standard InChI is InChI=1S/C27H39ClN2O2/c1-26(2,3)22-15-19(16-23(25(22)32)27(4,5)6)17-29-11-13-30(14-12-29)18-24(31)20-7-9-21(28)10-8-20/h7-10,15-16,24,31-32H,11-14,17-18H2,1-6H3/t24-/m0/s1. The van der Waals surface area contributed by atoms with Gasteiger partial charge >= 0.3 is 0 Å². The van der Waals surface area contributed by atoms with Crippen molar-refractivity contribution < 1.29 is 10.2 Å². The van der Waals surface area contributed by atoms with Crippen LogP contribution in [0.2, 0.25) is 5.02 Å². The van der Waals surface area contributed by atoms with Crippen molar-refractivity contribution in [3.8, 4) is 5.75 Å². The lowest BCUT2D eigenvalue weighted by Gasteiger charge is -2.36. The largest absolute Gasteiger partial charge is 0.507 e. The Morgan fingerprint density at radius 3 is 1.78 bits per heavy atom. The average molecular weight is 459 g/mol. The second-order valence-corrected chi connectivity index (χ2v) is 11.6. The van der Waals surface area contributed by atoms with Crippen molar-refractivity contribution in [2.75, 3.05) is 32.7 Å². The maximum atomic E-state index is 11.0. The first-order valence-electron chi connectivity index (χ1n) is 11.6. The Morgan fingerprint density at radius 2 is 1.31 bits per heavy atom. The molecule has 32 heavy (non-hydrogen) atoms. The van der Waals surface area contributed by atoms with E-state index in [4.69, 9.17) is 11.6 Å². The Labute approximate surface area is 198 Å². The molecule has 1 aliphatic heterocycles. The smallest absolute Gasteiger partial charge is 0.123 e. The summed E-state index contributed by atoms with van der Waals surface area (Å²) in [5.74, 6) is 0.440. The van der Waals surface area contributed by atoms with Crippen LogP contribution >= 0.6 is 11.6 Å². The van der Waals surface area contributed by atoms with E-state index >= 15 is 0 Å². The number of aliphatic hydroxyl groups excluding tert-OH is 1. The van der Waals surface area contributed by atoms with Gasteiger partial charge in [0.2, 0.25) is 0 Å². The minimum Gasteiger partial charge on any atom is -0.507 e. The summed E-state index contributed by atoms with van der Waals surface area (Å²) in [6.07, 6.45) is -0.500. The Kier molecular flexibility index (Phi) is 7.61. The van der Waals surface area contributed by atoms with Gasteiger partial charge in [0.25, 0.3) is 0 Å². The highest BCUT2D eigenvalue weighted by atomic mass is 35.5. The van der Waals surface area contributed by atoms with Crippen molar-refractivity contribution in [2.45, 2.75) is 65.0 Å². The lowest BCUT2D eigenvalue weighted by molar-refractivity contribution is 0.0701. The lowest BCUT2D eigenvalue weighted by atomic mass is 9.78. The van der Waals surface area contributed by atoms with Crippen molar-refractivity contribution in [1.29, 1.82) is 0 Å². The van der Waals surface area contributed by atoms with Crippen molar-refractivity contribution in [1.82, 2.24) is 9.80 Å². The van der Waals surface area contributed by atoms with Crippen molar-refractivity contribution in [3.63, 3.8) is 0 Å². The van der Waals surface area contributed by atoms with E-state index < -0.39 is 6.10 Å². The predicted molar refractivity (Wildman–Crippen MR) is 134 cm³/mol. The molecule has 0 aliphatic carbocycles. The van der Waals surface area contributed by atoms with E-state index in [-0.39, 0.29) is 10.8 Å². The molecular weight excluding hydrogens is 420 g/mol. The van der Waals surface area contributed by atoms with Gasteiger partial charge in [0.15, 0.2) is 0 Å². The molecule has 0 spiro atoms. The normalized spacial score (nSPS) is 17.5. The molecule has 2 aromatic carbocycles. The average Bonchev–Trinajstić information content (AvgIpc) is 2.69. The monoisotopic (exact) mass is 458 g/mol. The maximum Gasteiger partial charge on any atom is 0.123 e. The van der Waals surface area contributed by atoms with E-state index in [9.17, 15) is 10.2 Å². The van der Waals surface area contributed by atoms with Crippen LogP contribution in [-0.4, -0.2) is 52.7 Å². The second kappa shape index (κ2) is 9.72. The Morgan fingerprint density at radius 1 is 0.844 bits per heavy atom. The Hall–Kier alpha value is -1.59. The molecule has 176 valence electrons. The number of phenols is 1. The van der Waals surface area contributed by atoms with Gasteiger partial charge in [-0.15, -0.1) is 0 Å². The van der Waals surface area contributed by atoms with Gasteiger partial charge in [0.05, 0.1) is 6.10 Å². The van der Waals surface area contributed by atoms with Crippen LogP contribution in [0.3, 0.4) is 0 Å². The summed E-state index contributed by atoms with van der Waals surface area (Å²) in [6.45, 7) is 18.2. The first-order valence-corrected chi connectivity index (χ1v) is 12.0. The van der Waals surface area contributed by atoms with Crippen LogP contribution in [0.25, 0.3) is 0 Å². The van der Waals surface area contributed by atoms with Gasteiger partial charge in [-0.3, -0.25) is 9.80 Å². The zero-order chi connectivity index (χ0) is 23.7. The number of phenolic OH excluding ortho intramolecular Hbond substituents is 1. The molecule has 0 amide bonds. The third-order valence-electron chi connectivity index (χ3n) is 6.34. The molecule has 2 aromatic rings. The lowest BCUT2D eigenvalue weighted by Crippen LogP contribution is -2.47. The van der Waals surface area contributed by atoms with Gasteiger partial charge in [0.1, 0.15) is 5.75 Å². The Balaban J connectivity index is 1.65. The van der Waals surface area contributed by atoms with Crippen LogP contribution in [-0.2, 0) is 17.4 Å². The number of aromatic hydroxyl groups is 1. The number of aliphatic hydroxyl groups is 1. The molecule has 0 bridgehead atoms. The number of rotatable bonds is 5. The van der Waals surface area contributed by atoms with Gasteiger partial charge in [-0.25, -0.2) is 0 Å². The first-order chi connectivity index (χ1) is 14.8. The van der Waals surface area contributed by atoms with Crippen LogP contribution in [0.1, 0.15) is 69.9 Å². The second-order valence-electron chi connectivity index (χ2n) is 11.2. The molecule has 4 nitrogen and oxygen atoms in total. The summed E-state index contributed by atoms with van der Waals surface area (Å²) >= 11 is 5.96. The van der Waals surface area contributed by atoms with Crippen LogP contribution in [0, 0.1) is 0 Å². The molecule has 0 saturated carbocycles. The summed E-state index contributed by atoms with van der Waals surface area (Å²) in [5, 5.41) is 22.2. The third kappa shape index (κ3) is 6.26. The van der Waals surface area contributed by atoms with E-state index in [0.717, 1.165) is 49.4 Å². The van der Waals surface area contributed by atoms with Crippen LogP contribution < -0.4 is 0 Å². The maximum absolute atomic E-state index is 11.0. The van der Waals surface area contributed by atoms with E-state index in [0.29, 0.717) is 17.3 Å². The third-order valence-corrected chi connectivity index (χ3v) is 6.59. The van der Waals surface area contributed by atoms with Gasteiger partial charge in [-0.05, 0) is 45.2 Å². The number of piperazine rings is 1. The van der Waals surface area contributed by atoms with E-state index in [1.54, 1.807) is 0 Å². The van der Waals surface area contributed by atoms with Crippen LogP contribution in [0.15, 0.2) is 36.4 Å². The molecule has 1 aliphatic rings. The molecule has 1 saturated heterocycles. The van der Waals surface area contributed by atoms with E-state index in [1.165, 1.54) is 5.56 Å². The van der Waals surface area contributed by atoms with E-state index in [1.807, 2.05) is 24.3 Å². The van der Waals surface area contributed by atoms with Crippen molar-refractivity contribution in [3.05, 3.63) is 63.7 Å².